The molecule has 0 saturated heterocycles. The molecule has 2 N–H and O–H groups in total. The SMILES string of the molecule is COn1c(O)cc(C2CCCCC2)c1O. The van der Waals surface area contributed by atoms with Crippen LogP contribution in [0.5, 0.6) is 11.8 Å². The van der Waals surface area contributed by atoms with E-state index in [0.717, 1.165) is 23.1 Å². The van der Waals surface area contributed by atoms with Crippen LogP contribution in [0.4, 0.5) is 0 Å². The average Bonchev–Trinajstić information content (AvgIpc) is 2.55. The molecule has 1 saturated carbocycles. The van der Waals surface area contributed by atoms with Crippen molar-refractivity contribution < 1.29 is 15.1 Å². The number of nitrogens with zero attached hydrogens (tertiary/aromatic N) is 1. The summed E-state index contributed by atoms with van der Waals surface area (Å²) in [5.74, 6) is 0.374. The molecule has 1 fully saturated rings. The Morgan fingerprint density at radius 1 is 1.27 bits per heavy atom. The molecule has 0 atom stereocenters. The second-order valence-corrected chi connectivity index (χ2v) is 4.09. The van der Waals surface area contributed by atoms with Crippen LogP contribution in [-0.4, -0.2) is 22.1 Å². The average molecular weight is 211 g/mol. The molecule has 4 nitrogen and oxygen atoms in total. The first-order chi connectivity index (χ1) is 7.24. The van der Waals surface area contributed by atoms with E-state index in [4.69, 9.17) is 4.84 Å². The predicted molar refractivity (Wildman–Crippen MR) is 56.1 cm³/mol. The van der Waals surface area contributed by atoms with E-state index in [0.29, 0.717) is 5.92 Å². The van der Waals surface area contributed by atoms with E-state index in [1.54, 1.807) is 6.07 Å². The molecule has 0 aliphatic heterocycles. The Labute approximate surface area is 89.1 Å². The van der Waals surface area contributed by atoms with Gasteiger partial charge in [-0.1, -0.05) is 19.3 Å². The summed E-state index contributed by atoms with van der Waals surface area (Å²) in [5.41, 5.74) is 0.814. The quantitative estimate of drug-likeness (QED) is 0.786. The maximum absolute atomic E-state index is 9.84. The van der Waals surface area contributed by atoms with E-state index in [-0.39, 0.29) is 11.8 Å². The van der Waals surface area contributed by atoms with Crippen LogP contribution in [0, 0.1) is 0 Å². The maximum atomic E-state index is 9.84. The van der Waals surface area contributed by atoms with Crippen LogP contribution < -0.4 is 4.84 Å². The number of aromatic hydroxyl groups is 2. The van der Waals surface area contributed by atoms with Gasteiger partial charge in [0.1, 0.15) is 7.11 Å². The van der Waals surface area contributed by atoms with E-state index in [2.05, 4.69) is 0 Å². The summed E-state index contributed by atoms with van der Waals surface area (Å²) in [5, 5.41) is 19.4. The third kappa shape index (κ3) is 1.76. The van der Waals surface area contributed by atoms with E-state index in [1.165, 1.54) is 26.4 Å². The van der Waals surface area contributed by atoms with Gasteiger partial charge in [0, 0.05) is 11.6 Å². The Balaban J connectivity index is 2.27. The molecule has 15 heavy (non-hydrogen) atoms. The van der Waals surface area contributed by atoms with Gasteiger partial charge in [0.15, 0.2) is 0 Å². The van der Waals surface area contributed by atoms with Crippen molar-refractivity contribution in [2.75, 3.05) is 7.11 Å². The fourth-order valence-electron chi connectivity index (χ4n) is 2.38. The van der Waals surface area contributed by atoms with Crippen molar-refractivity contribution in [2.45, 2.75) is 38.0 Å². The monoisotopic (exact) mass is 211 g/mol. The zero-order valence-corrected chi connectivity index (χ0v) is 8.94. The molecule has 1 aliphatic rings. The lowest BCUT2D eigenvalue weighted by molar-refractivity contribution is 0.119. The molecule has 1 aromatic heterocycles. The highest BCUT2D eigenvalue weighted by atomic mass is 16.7. The van der Waals surface area contributed by atoms with Gasteiger partial charge in [-0.2, -0.15) is 0 Å². The highest BCUT2D eigenvalue weighted by molar-refractivity contribution is 5.37. The summed E-state index contributed by atoms with van der Waals surface area (Å²) < 4.78 is 1.06. The molecular weight excluding hydrogens is 194 g/mol. The first-order valence-corrected chi connectivity index (χ1v) is 5.42. The molecule has 0 spiro atoms. The fraction of sp³-hybridized carbons (Fsp3) is 0.636. The Kier molecular flexibility index (Phi) is 2.75. The highest BCUT2D eigenvalue weighted by Crippen LogP contribution is 2.39. The van der Waals surface area contributed by atoms with Gasteiger partial charge in [0.05, 0.1) is 0 Å². The Hall–Kier alpha value is -1.32. The van der Waals surface area contributed by atoms with Crippen LogP contribution in [0.1, 0.15) is 43.6 Å². The zero-order chi connectivity index (χ0) is 10.8. The predicted octanol–water partition coefficient (Wildman–Crippen LogP) is 2.01. The van der Waals surface area contributed by atoms with E-state index >= 15 is 0 Å². The van der Waals surface area contributed by atoms with Crippen LogP contribution in [0.3, 0.4) is 0 Å². The van der Waals surface area contributed by atoms with Crippen LogP contribution in [0.25, 0.3) is 0 Å². The van der Waals surface area contributed by atoms with Gasteiger partial charge in [-0.15, -0.1) is 4.73 Å². The largest absolute Gasteiger partial charge is 0.492 e. The van der Waals surface area contributed by atoms with Crippen LogP contribution in [0.15, 0.2) is 6.07 Å². The van der Waals surface area contributed by atoms with Gasteiger partial charge in [0.25, 0.3) is 0 Å². The summed E-state index contributed by atoms with van der Waals surface area (Å²) >= 11 is 0. The Morgan fingerprint density at radius 3 is 2.47 bits per heavy atom. The van der Waals surface area contributed by atoms with Gasteiger partial charge >= 0.3 is 0 Å². The smallest absolute Gasteiger partial charge is 0.232 e. The molecule has 4 heteroatoms. The molecule has 1 aromatic rings. The normalized spacial score (nSPS) is 17.9. The van der Waals surface area contributed by atoms with Gasteiger partial charge in [0.2, 0.25) is 11.8 Å². The van der Waals surface area contributed by atoms with E-state index in [1.807, 2.05) is 0 Å². The number of hydrogen-bond acceptors (Lipinski definition) is 3. The highest BCUT2D eigenvalue weighted by Gasteiger charge is 2.23. The third-order valence-corrected chi connectivity index (χ3v) is 3.17. The number of rotatable bonds is 2. The molecule has 84 valence electrons. The molecule has 0 radical (unpaired) electrons. The van der Waals surface area contributed by atoms with Gasteiger partial charge in [-0.25, -0.2) is 0 Å². The van der Waals surface area contributed by atoms with Crippen molar-refractivity contribution in [2.24, 2.45) is 0 Å². The van der Waals surface area contributed by atoms with Crippen LogP contribution in [0.2, 0.25) is 0 Å². The lowest BCUT2D eigenvalue weighted by Crippen LogP contribution is -2.06. The van der Waals surface area contributed by atoms with E-state index < -0.39 is 0 Å². The van der Waals surface area contributed by atoms with Crippen molar-refractivity contribution in [3.8, 4) is 11.8 Å². The summed E-state index contributed by atoms with van der Waals surface area (Å²) in [6.45, 7) is 0. The van der Waals surface area contributed by atoms with E-state index in [9.17, 15) is 10.2 Å². The number of aromatic nitrogens is 1. The molecule has 0 amide bonds. The molecular formula is C11H17NO3. The zero-order valence-electron chi connectivity index (χ0n) is 8.94. The minimum atomic E-state index is -0.0319. The first-order valence-electron chi connectivity index (χ1n) is 5.42. The van der Waals surface area contributed by atoms with Crippen LogP contribution >= 0.6 is 0 Å². The lowest BCUT2D eigenvalue weighted by Gasteiger charge is -2.20. The van der Waals surface area contributed by atoms with Crippen molar-refractivity contribution in [1.82, 2.24) is 4.73 Å². The molecule has 1 aliphatic carbocycles. The molecule has 2 rings (SSSR count). The van der Waals surface area contributed by atoms with Gasteiger partial charge in [-0.3, -0.25) is 0 Å². The maximum Gasteiger partial charge on any atom is 0.232 e. The van der Waals surface area contributed by atoms with Crippen molar-refractivity contribution in [3.05, 3.63) is 11.6 Å². The standard InChI is InChI=1S/C11H17NO3/c1-15-12-10(13)7-9(11(12)14)8-5-3-2-4-6-8/h7-8,13-14H,2-6H2,1H3. The summed E-state index contributed by atoms with van der Waals surface area (Å²) in [4.78, 5) is 4.86. The number of hydrogen-bond donors (Lipinski definition) is 2. The van der Waals surface area contributed by atoms with Gasteiger partial charge < -0.3 is 15.1 Å². The van der Waals surface area contributed by atoms with Gasteiger partial charge in [-0.05, 0) is 18.8 Å². The van der Waals surface area contributed by atoms with Crippen molar-refractivity contribution >= 4 is 0 Å². The second kappa shape index (κ2) is 4.04. The lowest BCUT2D eigenvalue weighted by atomic mass is 9.85. The fourth-order valence-corrected chi connectivity index (χ4v) is 2.38. The minimum Gasteiger partial charge on any atom is -0.492 e. The third-order valence-electron chi connectivity index (χ3n) is 3.17. The summed E-state index contributed by atoms with van der Waals surface area (Å²) in [7, 11) is 1.42. The summed E-state index contributed by atoms with van der Waals surface area (Å²) in [6, 6.07) is 1.61. The van der Waals surface area contributed by atoms with Crippen molar-refractivity contribution in [1.29, 1.82) is 0 Å². The van der Waals surface area contributed by atoms with Crippen LogP contribution in [-0.2, 0) is 0 Å². The molecule has 0 aromatic carbocycles. The summed E-state index contributed by atoms with van der Waals surface area (Å²) in [6.07, 6.45) is 5.84. The molecule has 0 bridgehead atoms. The molecule has 0 unspecified atom stereocenters. The Morgan fingerprint density at radius 2 is 1.93 bits per heavy atom. The Bertz CT molecular complexity index is 340. The first kappa shape index (κ1) is 10.2. The molecule has 1 heterocycles. The van der Waals surface area contributed by atoms with Crippen molar-refractivity contribution in [3.63, 3.8) is 0 Å². The topological polar surface area (TPSA) is 54.6 Å². The minimum absolute atomic E-state index is 0.0319. The second-order valence-electron chi connectivity index (χ2n) is 4.09.